The number of phenols is 2. The molecule has 3 unspecified atom stereocenters. The first kappa shape index (κ1) is 21.7. The van der Waals surface area contributed by atoms with E-state index in [0.29, 0.717) is 17.1 Å². The second-order valence-corrected chi connectivity index (χ2v) is 8.19. The van der Waals surface area contributed by atoms with Gasteiger partial charge < -0.3 is 19.7 Å². The number of fused-ring (bicyclic) bond motifs is 1. The van der Waals surface area contributed by atoms with E-state index in [-0.39, 0.29) is 29.9 Å². The van der Waals surface area contributed by atoms with Gasteiger partial charge in [0, 0.05) is 23.6 Å². The van der Waals surface area contributed by atoms with Gasteiger partial charge in [-0.25, -0.2) is 0 Å². The molecule has 3 atom stereocenters. The van der Waals surface area contributed by atoms with Gasteiger partial charge in [-0.3, -0.25) is 10.1 Å². The Morgan fingerprint density at radius 2 is 1.72 bits per heavy atom. The van der Waals surface area contributed by atoms with Crippen LogP contribution in [-0.2, 0) is 10.2 Å². The summed E-state index contributed by atoms with van der Waals surface area (Å²) in [4.78, 5) is 12.1. The third kappa shape index (κ3) is 3.89. The first-order valence-electron chi connectivity index (χ1n) is 10.7. The van der Waals surface area contributed by atoms with Crippen molar-refractivity contribution < 1.29 is 24.5 Å². The normalized spacial score (nSPS) is 20.3. The number of esters is 1. The predicted molar refractivity (Wildman–Crippen MR) is 121 cm³/mol. The summed E-state index contributed by atoms with van der Waals surface area (Å²) in [6.45, 7) is 5.72. The topological polar surface area (TPSA) is 88.0 Å². The molecule has 6 heteroatoms. The van der Waals surface area contributed by atoms with E-state index < -0.39 is 11.6 Å². The van der Waals surface area contributed by atoms with E-state index >= 15 is 0 Å². The highest BCUT2D eigenvalue weighted by molar-refractivity contribution is 5.73. The lowest BCUT2D eigenvalue weighted by Crippen LogP contribution is -2.48. The van der Waals surface area contributed by atoms with Gasteiger partial charge in [-0.15, -0.1) is 0 Å². The number of rotatable bonds is 6. The minimum atomic E-state index is -0.876. The van der Waals surface area contributed by atoms with Crippen molar-refractivity contribution >= 4 is 5.97 Å². The van der Waals surface area contributed by atoms with Gasteiger partial charge in [-0.2, -0.15) is 0 Å². The van der Waals surface area contributed by atoms with Gasteiger partial charge >= 0.3 is 5.97 Å². The first-order chi connectivity index (χ1) is 15.3. The number of carbonyl (C=O) groups is 1. The van der Waals surface area contributed by atoms with Crippen LogP contribution in [0.1, 0.15) is 49.9 Å². The lowest BCUT2D eigenvalue weighted by Gasteiger charge is -2.34. The monoisotopic (exact) mass is 433 g/mol. The molecule has 4 rings (SSSR count). The molecule has 166 valence electrons. The van der Waals surface area contributed by atoms with Crippen LogP contribution in [0, 0.1) is 0 Å². The van der Waals surface area contributed by atoms with Crippen molar-refractivity contribution in [1.82, 2.24) is 5.32 Å². The summed E-state index contributed by atoms with van der Waals surface area (Å²) in [5, 5.41) is 24.1. The Morgan fingerprint density at radius 3 is 2.41 bits per heavy atom. The van der Waals surface area contributed by atoms with Crippen LogP contribution >= 0.6 is 0 Å². The van der Waals surface area contributed by atoms with Crippen LogP contribution < -0.4 is 14.8 Å². The molecule has 6 nitrogen and oxygen atoms in total. The number of aromatic hydroxyl groups is 2. The molecule has 1 heterocycles. The molecular formula is C26H27NO5. The molecule has 1 aliphatic heterocycles. The molecule has 0 saturated carbocycles. The van der Waals surface area contributed by atoms with Crippen molar-refractivity contribution in [3.8, 4) is 23.0 Å². The smallest absolute Gasteiger partial charge is 0.310 e. The Bertz CT molecular complexity index is 1130. The maximum Gasteiger partial charge on any atom is 0.310 e. The highest BCUT2D eigenvalue weighted by atomic mass is 16.5. The molecule has 0 spiro atoms. The Kier molecular flexibility index (Phi) is 5.80. The van der Waals surface area contributed by atoms with Gasteiger partial charge in [0.15, 0.2) is 6.23 Å². The summed E-state index contributed by atoms with van der Waals surface area (Å²) < 4.78 is 11.9. The molecule has 1 aliphatic rings. The van der Waals surface area contributed by atoms with Crippen LogP contribution in [0.5, 0.6) is 23.0 Å². The molecule has 0 amide bonds. The van der Waals surface area contributed by atoms with Gasteiger partial charge in [0.05, 0.1) is 5.41 Å². The van der Waals surface area contributed by atoms with Crippen molar-refractivity contribution in [2.24, 2.45) is 0 Å². The number of phenolic OH excluding ortho intramolecular Hbond substituents is 2. The lowest BCUT2D eigenvalue weighted by atomic mass is 9.75. The minimum absolute atomic E-state index is 0.0426. The van der Waals surface area contributed by atoms with Gasteiger partial charge in [0.2, 0.25) is 0 Å². The van der Waals surface area contributed by atoms with E-state index in [1.807, 2.05) is 44.2 Å². The number of carbonyl (C=O) groups excluding carboxylic acids is 1. The van der Waals surface area contributed by atoms with E-state index in [4.69, 9.17) is 9.47 Å². The lowest BCUT2D eigenvalue weighted by molar-refractivity contribution is -0.134. The van der Waals surface area contributed by atoms with E-state index in [0.717, 1.165) is 11.1 Å². The summed E-state index contributed by atoms with van der Waals surface area (Å²) in [6, 6.07) is 19.5. The van der Waals surface area contributed by atoms with Crippen molar-refractivity contribution in [2.75, 3.05) is 0 Å². The van der Waals surface area contributed by atoms with Gasteiger partial charge in [0.1, 0.15) is 23.0 Å². The average Bonchev–Trinajstić information content (AvgIpc) is 3.07. The third-order valence-corrected chi connectivity index (χ3v) is 6.03. The summed E-state index contributed by atoms with van der Waals surface area (Å²) in [5.74, 6) is 0.719. The molecule has 0 fully saturated rings. The maximum absolute atomic E-state index is 12.1. The number of ether oxygens (including phenoxy) is 2. The van der Waals surface area contributed by atoms with Crippen LogP contribution in [0.4, 0.5) is 0 Å². The van der Waals surface area contributed by atoms with E-state index in [9.17, 15) is 15.0 Å². The molecule has 3 aromatic carbocycles. The summed E-state index contributed by atoms with van der Waals surface area (Å²) in [7, 11) is 0. The highest BCUT2D eigenvalue weighted by Gasteiger charge is 2.49. The van der Waals surface area contributed by atoms with Gasteiger partial charge in [0.25, 0.3) is 0 Å². The number of hydrogen-bond acceptors (Lipinski definition) is 6. The van der Waals surface area contributed by atoms with E-state index in [1.54, 1.807) is 37.3 Å². The van der Waals surface area contributed by atoms with E-state index in [2.05, 4.69) is 5.32 Å². The zero-order valence-electron chi connectivity index (χ0n) is 18.3. The second-order valence-electron chi connectivity index (χ2n) is 8.19. The fourth-order valence-electron chi connectivity index (χ4n) is 4.17. The van der Waals surface area contributed by atoms with Gasteiger partial charge in [-0.05, 0) is 55.8 Å². The maximum atomic E-state index is 12.1. The number of nitrogens with one attached hydrogen (secondary N) is 1. The summed E-state index contributed by atoms with van der Waals surface area (Å²) in [5.41, 5.74) is 1.53. The molecule has 0 aliphatic carbocycles. The molecule has 3 aromatic rings. The fraction of sp³-hybridized carbons (Fsp3) is 0.269. The van der Waals surface area contributed by atoms with Crippen molar-refractivity contribution in [3.63, 3.8) is 0 Å². The molecule has 0 radical (unpaired) electrons. The van der Waals surface area contributed by atoms with E-state index in [1.165, 1.54) is 6.07 Å². The second kappa shape index (κ2) is 8.55. The predicted octanol–water partition coefficient (Wildman–Crippen LogP) is 4.79. The van der Waals surface area contributed by atoms with Crippen molar-refractivity contribution in [2.45, 2.75) is 44.9 Å². The van der Waals surface area contributed by atoms with Crippen molar-refractivity contribution in [3.05, 3.63) is 83.4 Å². The quantitative estimate of drug-likeness (QED) is 0.383. The number of hydrogen-bond donors (Lipinski definition) is 3. The molecule has 0 bridgehead atoms. The first-order valence-corrected chi connectivity index (χ1v) is 10.7. The van der Waals surface area contributed by atoms with Crippen LogP contribution in [0.3, 0.4) is 0 Å². The van der Waals surface area contributed by atoms with Crippen molar-refractivity contribution in [1.29, 1.82) is 0 Å². The SMILES string of the molecule is CCC(=O)Oc1ccc(O)cc1C1(C)c2cc(O)ccc2OC1NC(C)c1ccccc1. The molecule has 0 saturated heterocycles. The Morgan fingerprint density at radius 1 is 1.06 bits per heavy atom. The van der Waals surface area contributed by atoms with Crippen LogP contribution in [0.25, 0.3) is 0 Å². The average molecular weight is 434 g/mol. The number of benzene rings is 3. The standard InChI is InChI=1S/C26H27NO5/c1-4-24(30)31-22-12-10-18(28)14-20(22)26(3)21-15-19(29)11-13-23(21)32-25(26)27-16(2)17-8-6-5-7-9-17/h5-16,25,27-29H,4H2,1-3H3. The molecule has 0 aromatic heterocycles. The van der Waals surface area contributed by atoms with Crippen LogP contribution in [-0.4, -0.2) is 22.4 Å². The zero-order chi connectivity index (χ0) is 22.9. The minimum Gasteiger partial charge on any atom is -0.508 e. The van der Waals surface area contributed by atoms with Crippen LogP contribution in [0.15, 0.2) is 66.7 Å². The molecule has 32 heavy (non-hydrogen) atoms. The Labute approximate surface area is 187 Å². The zero-order valence-corrected chi connectivity index (χ0v) is 18.3. The third-order valence-electron chi connectivity index (χ3n) is 6.03. The van der Waals surface area contributed by atoms with Crippen LogP contribution in [0.2, 0.25) is 0 Å². The fourth-order valence-corrected chi connectivity index (χ4v) is 4.17. The molecule has 3 N–H and O–H groups in total. The Hall–Kier alpha value is -3.51. The Balaban J connectivity index is 1.83. The summed E-state index contributed by atoms with van der Waals surface area (Å²) in [6.07, 6.45) is -0.340. The highest BCUT2D eigenvalue weighted by Crippen LogP contribution is 2.51. The van der Waals surface area contributed by atoms with Gasteiger partial charge in [-0.1, -0.05) is 37.3 Å². The largest absolute Gasteiger partial charge is 0.508 e. The molecular weight excluding hydrogens is 406 g/mol. The summed E-state index contributed by atoms with van der Waals surface area (Å²) >= 11 is 0.